The number of allylic oxidation sites excluding steroid dienone is 1. The number of nitrogens with zero attached hydrogens (tertiary/aromatic N) is 3. The average molecular weight is 192 g/mol. The molecule has 74 valence electrons. The van der Waals surface area contributed by atoms with Crippen LogP contribution in [0.2, 0.25) is 0 Å². The van der Waals surface area contributed by atoms with Crippen molar-refractivity contribution in [3.8, 4) is 0 Å². The van der Waals surface area contributed by atoms with Gasteiger partial charge in [-0.3, -0.25) is 4.79 Å². The smallest absolute Gasteiger partial charge is 0.153 e. The third-order valence-corrected chi connectivity index (χ3v) is 1.51. The van der Waals surface area contributed by atoms with Crippen molar-refractivity contribution in [2.24, 2.45) is 0 Å². The predicted molar refractivity (Wildman–Crippen MR) is 54.2 cm³/mol. The molecule has 0 unspecified atom stereocenters. The molecule has 1 rings (SSSR count). The van der Waals surface area contributed by atoms with E-state index in [0.717, 1.165) is 6.29 Å². The molecule has 0 saturated carbocycles. The van der Waals surface area contributed by atoms with Crippen LogP contribution < -0.4 is 5.73 Å². The number of carbonyl (C=O) groups is 1. The van der Waals surface area contributed by atoms with Gasteiger partial charge in [-0.2, -0.15) is 0 Å². The van der Waals surface area contributed by atoms with Crippen LogP contribution in [0.1, 0.15) is 5.69 Å². The number of carbonyl (C=O) groups excluding carboxylic acids is 1. The van der Waals surface area contributed by atoms with Crippen molar-refractivity contribution in [3.05, 3.63) is 24.0 Å². The van der Waals surface area contributed by atoms with Gasteiger partial charge in [0.1, 0.15) is 5.82 Å². The third kappa shape index (κ3) is 2.55. The standard InChI is InChI=1S/C9H12N4O/c1-13(2)5-7(6-14)8-3-4-9(10)12-11-8/h3-6H,1-2H3,(H2,10,12). The summed E-state index contributed by atoms with van der Waals surface area (Å²) in [5.41, 5.74) is 6.37. The Balaban J connectivity index is 3.01. The largest absolute Gasteiger partial charge is 0.383 e. The highest BCUT2D eigenvalue weighted by Gasteiger charge is 2.02. The summed E-state index contributed by atoms with van der Waals surface area (Å²) >= 11 is 0. The van der Waals surface area contributed by atoms with Gasteiger partial charge in [-0.25, -0.2) is 0 Å². The second-order valence-electron chi connectivity index (χ2n) is 3.01. The average Bonchev–Trinajstić information content (AvgIpc) is 2.15. The minimum Gasteiger partial charge on any atom is -0.383 e. The Kier molecular flexibility index (Phi) is 3.17. The number of nitrogens with two attached hydrogens (primary N) is 1. The second-order valence-corrected chi connectivity index (χ2v) is 3.01. The zero-order chi connectivity index (χ0) is 10.6. The lowest BCUT2D eigenvalue weighted by Crippen LogP contribution is -2.05. The lowest BCUT2D eigenvalue weighted by Gasteiger charge is -2.06. The molecule has 0 bridgehead atoms. The van der Waals surface area contributed by atoms with E-state index in [1.54, 1.807) is 23.2 Å². The maximum atomic E-state index is 10.7. The van der Waals surface area contributed by atoms with Crippen molar-refractivity contribution in [2.45, 2.75) is 0 Å². The van der Waals surface area contributed by atoms with Gasteiger partial charge >= 0.3 is 0 Å². The Labute approximate surface area is 82.2 Å². The zero-order valence-corrected chi connectivity index (χ0v) is 8.14. The van der Waals surface area contributed by atoms with Gasteiger partial charge in [-0.1, -0.05) is 0 Å². The SMILES string of the molecule is CN(C)C=C(C=O)c1ccc(N)nn1. The summed E-state index contributed by atoms with van der Waals surface area (Å²) in [6, 6.07) is 3.27. The number of nitrogen functional groups attached to an aromatic ring is 1. The molecule has 14 heavy (non-hydrogen) atoms. The fraction of sp³-hybridized carbons (Fsp3) is 0.222. The number of anilines is 1. The Hall–Kier alpha value is -1.91. The Morgan fingerprint density at radius 3 is 2.57 bits per heavy atom. The van der Waals surface area contributed by atoms with E-state index >= 15 is 0 Å². The van der Waals surface area contributed by atoms with Gasteiger partial charge in [-0.15, -0.1) is 10.2 Å². The van der Waals surface area contributed by atoms with Crippen molar-refractivity contribution >= 4 is 17.7 Å². The molecular formula is C9H12N4O. The minimum absolute atomic E-state index is 0.337. The van der Waals surface area contributed by atoms with E-state index in [1.165, 1.54) is 0 Å². The van der Waals surface area contributed by atoms with Crippen LogP contribution in [0, 0.1) is 0 Å². The molecule has 0 radical (unpaired) electrons. The highest BCUT2D eigenvalue weighted by Crippen LogP contribution is 2.08. The number of hydrogen-bond donors (Lipinski definition) is 1. The van der Waals surface area contributed by atoms with Crippen molar-refractivity contribution < 1.29 is 4.79 Å². The van der Waals surface area contributed by atoms with Crippen LogP contribution in [0.3, 0.4) is 0 Å². The van der Waals surface area contributed by atoms with Gasteiger partial charge in [0, 0.05) is 20.3 Å². The molecule has 0 spiro atoms. The van der Waals surface area contributed by atoms with Crippen LogP contribution in [-0.2, 0) is 4.79 Å². The fourth-order valence-corrected chi connectivity index (χ4v) is 0.932. The lowest BCUT2D eigenvalue weighted by atomic mass is 10.2. The predicted octanol–water partition coefficient (Wildman–Crippen LogP) is 0.160. The van der Waals surface area contributed by atoms with Gasteiger partial charge in [0.15, 0.2) is 6.29 Å². The third-order valence-electron chi connectivity index (χ3n) is 1.51. The molecule has 5 nitrogen and oxygen atoms in total. The monoisotopic (exact) mass is 192 g/mol. The first-order chi connectivity index (χ1) is 6.63. The molecule has 0 fully saturated rings. The number of aldehydes is 1. The summed E-state index contributed by atoms with van der Waals surface area (Å²) in [6.45, 7) is 0. The molecule has 2 N–H and O–H groups in total. The van der Waals surface area contributed by atoms with Crippen molar-refractivity contribution in [1.29, 1.82) is 0 Å². The maximum Gasteiger partial charge on any atom is 0.153 e. The molecule has 0 aliphatic heterocycles. The highest BCUT2D eigenvalue weighted by atomic mass is 16.1. The molecule has 0 aliphatic rings. The van der Waals surface area contributed by atoms with Crippen LogP contribution in [0.15, 0.2) is 18.3 Å². The molecule has 1 aromatic rings. The first-order valence-electron chi connectivity index (χ1n) is 4.06. The van der Waals surface area contributed by atoms with E-state index < -0.39 is 0 Å². The maximum absolute atomic E-state index is 10.7. The Morgan fingerprint density at radius 1 is 1.43 bits per heavy atom. The fourth-order valence-electron chi connectivity index (χ4n) is 0.932. The molecule has 5 heteroatoms. The summed E-state index contributed by atoms with van der Waals surface area (Å²) in [5.74, 6) is 0.337. The van der Waals surface area contributed by atoms with Gasteiger partial charge in [0.2, 0.25) is 0 Å². The van der Waals surface area contributed by atoms with E-state index in [2.05, 4.69) is 10.2 Å². The molecule has 1 aromatic heterocycles. The number of rotatable bonds is 3. The molecule has 0 aliphatic carbocycles. The quantitative estimate of drug-likeness (QED) is 0.545. The minimum atomic E-state index is 0.337. The summed E-state index contributed by atoms with van der Waals surface area (Å²) in [6.07, 6.45) is 2.41. The Bertz CT molecular complexity index is 342. The Morgan fingerprint density at radius 2 is 2.14 bits per heavy atom. The van der Waals surface area contributed by atoms with Crippen LogP contribution in [0.5, 0.6) is 0 Å². The van der Waals surface area contributed by atoms with Gasteiger partial charge < -0.3 is 10.6 Å². The van der Waals surface area contributed by atoms with Crippen LogP contribution in [0.4, 0.5) is 5.82 Å². The first kappa shape index (κ1) is 10.2. The van der Waals surface area contributed by atoms with Crippen LogP contribution in [-0.4, -0.2) is 35.5 Å². The molecule has 0 aromatic carbocycles. The summed E-state index contributed by atoms with van der Waals surface area (Å²) in [5, 5.41) is 7.47. The number of hydrogen-bond acceptors (Lipinski definition) is 5. The van der Waals surface area contributed by atoms with E-state index in [0.29, 0.717) is 17.1 Å². The van der Waals surface area contributed by atoms with Crippen LogP contribution in [0.25, 0.3) is 5.57 Å². The zero-order valence-electron chi connectivity index (χ0n) is 8.14. The lowest BCUT2D eigenvalue weighted by molar-refractivity contribution is -0.103. The van der Waals surface area contributed by atoms with E-state index in [4.69, 9.17) is 5.73 Å². The van der Waals surface area contributed by atoms with Gasteiger partial charge in [0.05, 0.1) is 11.3 Å². The summed E-state index contributed by atoms with van der Waals surface area (Å²) < 4.78 is 0. The second kappa shape index (κ2) is 4.36. The molecular weight excluding hydrogens is 180 g/mol. The summed E-state index contributed by atoms with van der Waals surface area (Å²) in [7, 11) is 3.66. The highest BCUT2D eigenvalue weighted by molar-refractivity contribution is 6.05. The first-order valence-corrected chi connectivity index (χ1v) is 4.06. The van der Waals surface area contributed by atoms with E-state index in [1.807, 2.05) is 14.1 Å². The van der Waals surface area contributed by atoms with Gasteiger partial charge in [-0.05, 0) is 12.1 Å². The van der Waals surface area contributed by atoms with Gasteiger partial charge in [0.25, 0.3) is 0 Å². The van der Waals surface area contributed by atoms with Crippen LogP contribution >= 0.6 is 0 Å². The van der Waals surface area contributed by atoms with Crippen molar-refractivity contribution in [1.82, 2.24) is 15.1 Å². The molecule has 0 saturated heterocycles. The summed E-state index contributed by atoms with van der Waals surface area (Å²) in [4.78, 5) is 12.5. The normalized spacial score (nSPS) is 11.1. The van der Waals surface area contributed by atoms with Crippen molar-refractivity contribution in [3.63, 3.8) is 0 Å². The topological polar surface area (TPSA) is 72.1 Å². The van der Waals surface area contributed by atoms with Crippen molar-refractivity contribution in [2.75, 3.05) is 19.8 Å². The molecule has 0 atom stereocenters. The molecule has 0 amide bonds. The molecule has 1 heterocycles. The van der Waals surface area contributed by atoms with E-state index in [-0.39, 0.29) is 0 Å². The number of aromatic nitrogens is 2. The van der Waals surface area contributed by atoms with E-state index in [9.17, 15) is 4.79 Å².